The fourth-order valence-corrected chi connectivity index (χ4v) is 0.474. The Kier molecular flexibility index (Phi) is 13.5. The summed E-state index contributed by atoms with van der Waals surface area (Å²) in [4.78, 5) is 13.2. The summed E-state index contributed by atoms with van der Waals surface area (Å²) in [6.45, 7) is 9.31. The topological polar surface area (TPSA) is 29.4 Å². The van der Waals surface area contributed by atoms with Crippen LogP contribution in [0.25, 0.3) is 0 Å². The van der Waals surface area contributed by atoms with Crippen molar-refractivity contribution >= 4 is 6.08 Å². The third-order valence-corrected chi connectivity index (χ3v) is 0.801. The van der Waals surface area contributed by atoms with Crippen molar-refractivity contribution in [3.63, 3.8) is 0 Å². The Labute approximate surface area is 74.0 Å². The normalized spacial score (nSPS) is 9.75. The molecule has 0 rings (SSSR count). The van der Waals surface area contributed by atoms with Crippen molar-refractivity contribution in [2.45, 2.75) is 20.8 Å². The SMILES string of the molecule is C=C/C=C(\C=C/C)N=C=O.CC. The van der Waals surface area contributed by atoms with Crippen LogP contribution in [-0.4, -0.2) is 6.08 Å². The standard InChI is InChI=1S/C8H9NO.C2H6/c1-3-5-8(6-4-2)9-7-10;1-2/h3-6H,1H2,2H3;1-2H3/b6-4-,8-5+;. The number of isocyanates is 1. The van der Waals surface area contributed by atoms with Crippen molar-refractivity contribution in [1.29, 1.82) is 0 Å². The van der Waals surface area contributed by atoms with Crippen LogP contribution in [0.4, 0.5) is 0 Å². The fourth-order valence-electron chi connectivity index (χ4n) is 0.474. The summed E-state index contributed by atoms with van der Waals surface area (Å²) in [5.41, 5.74) is 0.563. The van der Waals surface area contributed by atoms with Crippen LogP contribution < -0.4 is 0 Å². The quantitative estimate of drug-likeness (QED) is 0.359. The van der Waals surface area contributed by atoms with Crippen LogP contribution >= 0.6 is 0 Å². The van der Waals surface area contributed by atoms with Gasteiger partial charge in [-0.1, -0.05) is 32.6 Å². The second-order valence-electron chi connectivity index (χ2n) is 1.53. The van der Waals surface area contributed by atoms with Gasteiger partial charge in [0.2, 0.25) is 6.08 Å². The van der Waals surface area contributed by atoms with E-state index in [1.165, 1.54) is 6.08 Å². The Bertz CT molecular complexity index is 208. The summed E-state index contributed by atoms with van der Waals surface area (Å²) in [6, 6.07) is 0. The van der Waals surface area contributed by atoms with E-state index in [4.69, 9.17) is 0 Å². The second kappa shape index (κ2) is 12.3. The van der Waals surface area contributed by atoms with Crippen LogP contribution in [0.5, 0.6) is 0 Å². The van der Waals surface area contributed by atoms with E-state index in [2.05, 4.69) is 11.6 Å². The zero-order valence-corrected chi connectivity index (χ0v) is 7.87. The van der Waals surface area contributed by atoms with Gasteiger partial charge in [0.15, 0.2) is 0 Å². The molecule has 0 radical (unpaired) electrons. The maximum Gasteiger partial charge on any atom is 0.240 e. The van der Waals surface area contributed by atoms with E-state index < -0.39 is 0 Å². The maximum atomic E-state index is 9.76. The van der Waals surface area contributed by atoms with E-state index in [1.807, 2.05) is 20.8 Å². The van der Waals surface area contributed by atoms with E-state index >= 15 is 0 Å². The number of nitrogens with zero attached hydrogens (tertiary/aromatic N) is 1. The molecule has 0 aliphatic carbocycles. The largest absolute Gasteiger partial charge is 0.240 e. The third-order valence-electron chi connectivity index (χ3n) is 0.801. The second-order valence-corrected chi connectivity index (χ2v) is 1.53. The highest BCUT2D eigenvalue weighted by Gasteiger charge is 1.80. The third kappa shape index (κ3) is 8.60. The van der Waals surface area contributed by atoms with Gasteiger partial charge in [0, 0.05) is 0 Å². The molecular weight excluding hydrogens is 150 g/mol. The molecule has 0 atom stereocenters. The molecule has 0 aromatic rings. The monoisotopic (exact) mass is 165 g/mol. The van der Waals surface area contributed by atoms with Crippen LogP contribution in [0, 0.1) is 0 Å². The van der Waals surface area contributed by atoms with Gasteiger partial charge < -0.3 is 0 Å². The number of rotatable bonds is 3. The van der Waals surface area contributed by atoms with Crippen LogP contribution in [0.3, 0.4) is 0 Å². The summed E-state index contributed by atoms with van der Waals surface area (Å²) < 4.78 is 0. The van der Waals surface area contributed by atoms with Gasteiger partial charge in [0.1, 0.15) is 0 Å². The zero-order valence-electron chi connectivity index (χ0n) is 7.87. The lowest BCUT2D eigenvalue weighted by molar-refractivity contribution is 0.565. The Morgan fingerprint density at radius 2 is 2.08 bits per heavy atom. The zero-order chi connectivity index (χ0) is 9.82. The summed E-state index contributed by atoms with van der Waals surface area (Å²) >= 11 is 0. The molecule has 0 aromatic heterocycles. The highest BCUT2D eigenvalue weighted by atomic mass is 16.1. The molecule has 0 aliphatic rings. The predicted octanol–water partition coefficient (Wildman–Crippen LogP) is 2.99. The van der Waals surface area contributed by atoms with E-state index in [0.29, 0.717) is 5.70 Å². The number of allylic oxidation sites excluding steroid dienone is 4. The molecule has 0 N–H and O–H groups in total. The van der Waals surface area contributed by atoms with Crippen LogP contribution in [0.2, 0.25) is 0 Å². The predicted molar refractivity (Wildman–Crippen MR) is 52.6 cm³/mol. The summed E-state index contributed by atoms with van der Waals surface area (Å²) in [5.74, 6) is 0. The lowest BCUT2D eigenvalue weighted by Crippen LogP contribution is -1.67. The number of carbonyl (C=O) groups excluding carboxylic acids is 1. The summed E-state index contributed by atoms with van der Waals surface area (Å²) in [5, 5.41) is 0. The minimum Gasteiger partial charge on any atom is -0.211 e. The average molecular weight is 165 g/mol. The molecule has 12 heavy (non-hydrogen) atoms. The fraction of sp³-hybridized carbons (Fsp3) is 0.300. The van der Waals surface area contributed by atoms with E-state index in [9.17, 15) is 4.79 Å². The first kappa shape index (κ1) is 13.2. The van der Waals surface area contributed by atoms with Gasteiger partial charge in [0.25, 0.3) is 0 Å². The molecule has 0 aliphatic heterocycles. The molecule has 0 unspecified atom stereocenters. The Hall–Kier alpha value is -1.40. The minimum absolute atomic E-state index is 0.563. The van der Waals surface area contributed by atoms with Crippen molar-refractivity contribution in [3.05, 3.63) is 36.6 Å². The molecule has 66 valence electrons. The molecule has 0 amide bonds. The van der Waals surface area contributed by atoms with E-state index in [1.54, 1.807) is 24.3 Å². The first-order valence-electron chi connectivity index (χ1n) is 3.88. The van der Waals surface area contributed by atoms with Gasteiger partial charge >= 0.3 is 0 Å². The molecule has 0 bridgehead atoms. The van der Waals surface area contributed by atoms with Gasteiger partial charge in [-0.25, -0.2) is 4.79 Å². The molecule has 2 heteroatoms. The lowest BCUT2D eigenvalue weighted by atomic mass is 10.3. The highest BCUT2D eigenvalue weighted by Crippen LogP contribution is 1.96. The molecule has 0 spiro atoms. The molecule has 2 nitrogen and oxygen atoms in total. The van der Waals surface area contributed by atoms with Gasteiger partial charge in [-0.3, -0.25) is 0 Å². The van der Waals surface area contributed by atoms with E-state index in [-0.39, 0.29) is 0 Å². The summed E-state index contributed by atoms with van der Waals surface area (Å²) in [7, 11) is 0. The van der Waals surface area contributed by atoms with Crippen LogP contribution in [-0.2, 0) is 4.79 Å². The van der Waals surface area contributed by atoms with Gasteiger partial charge in [0.05, 0.1) is 5.70 Å². The van der Waals surface area contributed by atoms with Crippen LogP contribution in [0.1, 0.15) is 20.8 Å². The molecule has 0 saturated carbocycles. The van der Waals surface area contributed by atoms with Crippen molar-refractivity contribution in [1.82, 2.24) is 0 Å². The van der Waals surface area contributed by atoms with Gasteiger partial charge in [-0.15, -0.1) is 0 Å². The minimum atomic E-state index is 0.563. The van der Waals surface area contributed by atoms with Crippen LogP contribution in [0.15, 0.2) is 41.6 Å². The van der Waals surface area contributed by atoms with Crippen molar-refractivity contribution in [2.75, 3.05) is 0 Å². The van der Waals surface area contributed by atoms with Crippen molar-refractivity contribution in [3.8, 4) is 0 Å². The molecule has 0 heterocycles. The Balaban J connectivity index is 0. The van der Waals surface area contributed by atoms with Crippen molar-refractivity contribution in [2.24, 2.45) is 4.99 Å². The first-order chi connectivity index (χ1) is 5.85. The average Bonchev–Trinajstić information content (AvgIpc) is 2.10. The summed E-state index contributed by atoms with van der Waals surface area (Å²) in [6.07, 6.45) is 8.13. The molecule has 0 saturated heterocycles. The lowest BCUT2D eigenvalue weighted by Gasteiger charge is -1.83. The first-order valence-corrected chi connectivity index (χ1v) is 3.88. The molecule has 0 aromatic carbocycles. The van der Waals surface area contributed by atoms with Gasteiger partial charge in [-0.05, 0) is 19.1 Å². The van der Waals surface area contributed by atoms with Gasteiger partial charge in [-0.2, -0.15) is 4.99 Å². The highest BCUT2D eigenvalue weighted by molar-refractivity contribution is 5.40. The smallest absolute Gasteiger partial charge is 0.211 e. The number of hydrogen-bond donors (Lipinski definition) is 0. The molecule has 0 fully saturated rings. The Morgan fingerprint density at radius 1 is 1.50 bits per heavy atom. The number of hydrogen-bond acceptors (Lipinski definition) is 2. The van der Waals surface area contributed by atoms with Crippen molar-refractivity contribution < 1.29 is 4.79 Å². The molecular formula is C10H15NO. The number of aliphatic imine (C=N–C) groups is 1. The van der Waals surface area contributed by atoms with E-state index in [0.717, 1.165) is 0 Å². The Morgan fingerprint density at radius 3 is 2.42 bits per heavy atom. The maximum absolute atomic E-state index is 9.76.